The van der Waals surface area contributed by atoms with Gasteiger partial charge in [0.05, 0.1) is 5.69 Å². The lowest BCUT2D eigenvalue weighted by Crippen LogP contribution is -2.41. The Hall–Kier alpha value is -3.21. The molecule has 4 rings (SSSR count). The smallest absolute Gasteiger partial charge is 0.278 e. The van der Waals surface area contributed by atoms with Crippen LogP contribution in [0.4, 0.5) is 0 Å². The number of amides is 1. The van der Waals surface area contributed by atoms with Crippen molar-refractivity contribution in [3.63, 3.8) is 0 Å². The van der Waals surface area contributed by atoms with E-state index in [-0.39, 0.29) is 17.0 Å². The van der Waals surface area contributed by atoms with Crippen molar-refractivity contribution in [2.75, 3.05) is 13.1 Å². The van der Waals surface area contributed by atoms with Crippen molar-refractivity contribution in [3.05, 3.63) is 93.9 Å². The van der Waals surface area contributed by atoms with Crippen molar-refractivity contribution >= 4 is 5.91 Å². The summed E-state index contributed by atoms with van der Waals surface area (Å²) in [6.45, 7) is 3.15. The molecule has 2 aromatic carbocycles. The lowest BCUT2D eigenvalue weighted by molar-refractivity contribution is 0.0681. The maximum atomic E-state index is 13.0. The van der Waals surface area contributed by atoms with E-state index in [0.29, 0.717) is 24.7 Å². The Kier molecular flexibility index (Phi) is 5.56. The number of carbonyl (C=O) groups is 1. The molecule has 5 nitrogen and oxygen atoms in total. The highest BCUT2D eigenvalue weighted by molar-refractivity contribution is 5.92. The third kappa shape index (κ3) is 4.29. The largest absolute Gasteiger partial charge is 0.337 e. The van der Waals surface area contributed by atoms with E-state index in [0.717, 1.165) is 24.9 Å². The summed E-state index contributed by atoms with van der Waals surface area (Å²) < 4.78 is 1.66. The number of hydrogen-bond acceptors (Lipinski definition) is 3. The molecule has 1 aliphatic heterocycles. The molecule has 5 heteroatoms. The van der Waals surface area contributed by atoms with Crippen molar-refractivity contribution in [1.82, 2.24) is 14.7 Å². The molecule has 0 radical (unpaired) electrons. The zero-order chi connectivity index (χ0) is 20.2. The number of aromatic nitrogens is 2. The van der Waals surface area contributed by atoms with Crippen LogP contribution in [0, 0.1) is 12.8 Å². The van der Waals surface area contributed by atoms with Crippen LogP contribution in [0.5, 0.6) is 0 Å². The molecule has 148 valence electrons. The Labute approximate surface area is 170 Å². The van der Waals surface area contributed by atoms with Crippen LogP contribution < -0.4 is 5.43 Å². The van der Waals surface area contributed by atoms with Crippen LogP contribution in [0.15, 0.2) is 71.5 Å². The van der Waals surface area contributed by atoms with Crippen molar-refractivity contribution in [3.8, 4) is 5.69 Å². The fourth-order valence-electron chi connectivity index (χ4n) is 3.96. The fraction of sp³-hybridized carbons (Fsp3) is 0.292. The van der Waals surface area contributed by atoms with Crippen molar-refractivity contribution in [2.24, 2.45) is 5.92 Å². The lowest BCUT2D eigenvalue weighted by atomic mass is 9.90. The van der Waals surface area contributed by atoms with Crippen LogP contribution in [0.3, 0.4) is 0 Å². The van der Waals surface area contributed by atoms with Crippen molar-refractivity contribution in [2.45, 2.75) is 26.2 Å². The summed E-state index contributed by atoms with van der Waals surface area (Å²) in [6, 6.07) is 21.5. The zero-order valence-corrected chi connectivity index (χ0v) is 16.6. The van der Waals surface area contributed by atoms with E-state index in [1.165, 1.54) is 11.6 Å². The van der Waals surface area contributed by atoms with E-state index in [4.69, 9.17) is 0 Å². The first-order chi connectivity index (χ1) is 14.1. The van der Waals surface area contributed by atoms with Gasteiger partial charge < -0.3 is 4.90 Å². The minimum atomic E-state index is -0.314. The highest BCUT2D eigenvalue weighted by atomic mass is 16.2. The third-order valence-corrected chi connectivity index (χ3v) is 5.58. The van der Waals surface area contributed by atoms with Gasteiger partial charge >= 0.3 is 0 Å². The molecule has 0 saturated carbocycles. The van der Waals surface area contributed by atoms with Gasteiger partial charge in [-0.2, -0.15) is 5.10 Å². The summed E-state index contributed by atoms with van der Waals surface area (Å²) in [5.41, 5.74) is 2.57. The SMILES string of the molecule is Cc1cc(=O)c(C(=O)N2CCC(Cc3ccccc3)CC2)nn1-c1ccccc1. The molecule has 2 heterocycles. The van der Waals surface area contributed by atoms with Gasteiger partial charge in [-0.3, -0.25) is 9.59 Å². The van der Waals surface area contributed by atoms with Crippen molar-refractivity contribution < 1.29 is 4.79 Å². The average molecular weight is 387 g/mol. The summed E-state index contributed by atoms with van der Waals surface area (Å²) in [6.07, 6.45) is 2.92. The summed E-state index contributed by atoms with van der Waals surface area (Å²) in [5, 5.41) is 4.42. The molecule has 1 amide bonds. The molecule has 29 heavy (non-hydrogen) atoms. The normalized spacial score (nSPS) is 14.7. The Morgan fingerprint density at radius 1 is 1.00 bits per heavy atom. The molecule has 1 aliphatic rings. The molecular formula is C24H25N3O2. The van der Waals surface area contributed by atoms with Gasteiger partial charge in [0, 0.05) is 24.8 Å². The predicted octanol–water partition coefficient (Wildman–Crippen LogP) is 3.64. The van der Waals surface area contributed by atoms with Crippen LogP contribution >= 0.6 is 0 Å². The first-order valence-electron chi connectivity index (χ1n) is 10.1. The molecule has 0 unspecified atom stereocenters. The molecular weight excluding hydrogens is 362 g/mol. The standard InChI is InChI=1S/C24H25N3O2/c1-18-16-22(28)23(25-27(18)21-10-6-3-7-11-21)24(29)26-14-12-20(13-15-26)17-19-8-4-2-5-9-19/h2-11,16,20H,12-15,17H2,1H3. The molecule has 1 saturated heterocycles. The number of hydrogen-bond donors (Lipinski definition) is 0. The van der Waals surface area contributed by atoms with E-state index in [1.54, 1.807) is 9.58 Å². The monoisotopic (exact) mass is 387 g/mol. The predicted molar refractivity (Wildman–Crippen MR) is 113 cm³/mol. The minimum Gasteiger partial charge on any atom is -0.337 e. The number of nitrogens with zero attached hydrogens (tertiary/aromatic N) is 3. The van der Waals surface area contributed by atoms with Gasteiger partial charge in [0.2, 0.25) is 5.43 Å². The van der Waals surface area contributed by atoms with Gasteiger partial charge in [-0.25, -0.2) is 4.68 Å². The fourth-order valence-corrected chi connectivity index (χ4v) is 3.96. The van der Waals surface area contributed by atoms with Crippen LogP contribution in [0.1, 0.15) is 34.6 Å². The molecule has 1 fully saturated rings. The summed E-state index contributed by atoms with van der Waals surface area (Å²) in [4.78, 5) is 27.3. The van der Waals surface area contributed by atoms with Crippen LogP contribution in [0.25, 0.3) is 5.69 Å². The van der Waals surface area contributed by atoms with Crippen LogP contribution in [-0.4, -0.2) is 33.7 Å². The summed E-state index contributed by atoms with van der Waals surface area (Å²) in [7, 11) is 0. The Bertz CT molecular complexity index is 1040. The second kappa shape index (κ2) is 8.43. The number of piperidine rings is 1. The maximum Gasteiger partial charge on any atom is 0.278 e. The lowest BCUT2D eigenvalue weighted by Gasteiger charge is -2.31. The number of aryl methyl sites for hydroxylation is 1. The number of carbonyl (C=O) groups excluding carboxylic acids is 1. The molecule has 0 atom stereocenters. The van der Waals surface area contributed by atoms with E-state index in [1.807, 2.05) is 43.3 Å². The minimum absolute atomic E-state index is 0.000891. The first kappa shape index (κ1) is 19.1. The Morgan fingerprint density at radius 2 is 1.62 bits per heavy atom. The summed E-state index contributed by atoms with van der Waals surface area (Å²) in [5.74, 6) is 0.297. The second-order valence-electron chi connectivity index (χ2n) is 7.67. The number of para-hydroxylation sites is 1. The molecule has 0 N–H and O–H groups in total. The second-order valence-corrected chi connectivity index (χ2v) is 7.67. The van der Waals surface area contributed by atoms with Crippen LogP contribution in [0.2, 0.25) is 0 Å². The van der Waals surface area contributed by atoms with Crippen LogP contribution in [-0.2, 0) is 6.42 Å². The van der Waals surface area contributed by atoms with Gasteiger partial charge in [-0.15, -0.1) is 0 Å². The van der Waals surface area contributed by atoms with Gasteiger partial charge in [0.25, 0.3) is 5.91 Å². The molecule has 0 bridgehead atoms. The Balaban J connectivity index is 1.48. The molecule has 3 aromatic rings. The third-order valence-electron chi connectivity index (χ3n) is 5.58. The van der Waals surface area contributed by atoms with E-state index in [2.05, 4.69) is 29.4 Å². The highest BCUT2D eigenvalue weighted by Crippen LogP contribution is 2.22. The molecule has 0 aliphatic carbocycles. The van der Waals surface area contributed by atoms with E-state index < -0.39 is 0 Å². The maximum absolute atomic E-state index is 13.0. The summed E-state index contributed by atoms with van der Waals surface area (Å²) >= 11 is 0. The molecule has 1 aromatic heterocycles. The van der Waals surface area contributed by atoms with Gasteiger partial charge in [-0.05, 0) is 49.8 Å². The van der Waals surface area contributed by atoms with Gasteiger partial charge in [0.1, 0.15) is 0 Å². The van der Waals surface area contributed by atoms with Crippen molar-refractivity contribution in [1.29, 1.82) is 0 Å². The zero-order valence-electron chi connectivity index (χ0n) is 16.6. The Morgan fingerprint density at radius 3 is 2.28 bits per heavy atom. The molecule has 0 spiro atoms. The first-order valence-corrected chi connectivity index (χ1v) is 10.1. The topological polar surface area (TPSA) is 55.2 Å². The number of benzene rings is 2. The van der Waals surface area contributed by atoms with Gasteiger partial charge in [0.15, 0.2) is 5.69 Å². The quantitative estimate of drug-likeness (QED) is 0.687. The van der Waals surface area contributed by atoms with E-state index >= 15 is 0 Å². The van der Waals surface area contributed by atoms with E-state index in [9.17, 15) is 9.59 Å². The van der Waals surface area contributed by atoms with Gasteiger partial charge in [-0.1, -0.05) is 48.5 Å². The average Bonchev–Trinajstić information content (AvgIpc) is 2.75. The number of rotatable bonds is 4. The number of likely N-dealkylation sites (tertiary alicyclic amines) is 1. The highest BCUT2D eigenvalue weighted by Gasteiger charge is 2.26.